The molecule has 0 unspecified atom stereocenters. The molecular formula is C13H13F2NO3. The minimum absolute atomic E-state index is 0.0559. The average Bonchev–Trinajstić information content (AvgIpc) is 2.37. The Balaban J connectivity index is 3.18. The second-order valence-corrected chi connectivity index (χ2v) is 3.76. The number of nitriles is 1. The summed E-state index contributed by atoms with van der Waals surface area (Å²) in [5.41, 5.74) is -0.326. The van der Waals surface area contributed by atoms with Crippen LogP contribution in [0.5, 0.6) is 0 Å². The van der Waals surface area contributed by atoms with Crippen molar-refractivity contribution < 1.29 is 23.4 Å². The van der Waals surface area contributed by atoms with E-state index in [1.165, 1.54) is 6.07 Å². The number of ether oxygens (including phenoxy) is 1. The van der Waals surface area contributed by atoms with Gasteiger partial charge in [0.05, 0.1) is 31.3 Å². The topological polar surface area (TPSA) is 70.3 Å². The number of aliphatic hydroxyl groups is 1. The van der Waals surface area contributed by atoms with E-state index in [4.69, 9.17) is 15.1 Å². The fourth-order valence-corrected chi connectivity index (χ4v) is 1.71. The number of nitrogens with zero attached hydrogens (tertiary/aromatic N) is 1. The summed E-state index contributed by atoms with van der Waals surface area (Å²) in [7, 11) is 0. The van der Waals surface area contributed by atoms with Gasteiger partial charge in [0.25, 0.3) is 6.43 Å². The van der Waals surface area contributed by atoms with Gasteiger partial charge in [-0.15, -0.1) is 0 Å². The lowest BCUT2D eigenvalue weighted by Gasteiger charge is -2.11. The van der Waals surface area contributed by atoms with Crippen LogP contribution in [0.15, 0.2) is 12.1 Å². The maximum atomic E-state index is 12.9. The Labute approximate surface area is 109 Å². The smallest absolute Gasteiger partial charge is 0.310 e. The maximum Gasteiger partial charge on any atom is 0.310 e. The van der Waals surface area contributed by atoms with Crippen LogP contribution in [-0.2, 0) is 22.6 Å². The number of carbonyl (C=O) groups is 1. The maximum absolute atomic E-state index is 12.9. The molecule has 0 aliphatic heterocycles. The lowest BCUT2D eigenvalue weighted by Crippen LogP contribution is -2.09. The number of alkyl halides is 2. The van der Waals surface area contributed by atoms with Gasteiger partial charge in [-0.25, -0.2) is 8.78 Å². The number of halogens is 2. The first-order valence-electron chi connectivity index (χ1n) is 5.63. The highest BCUT2D eigenvalue weighted by atomic mass is 19.3. The third-order valence-corrected chi connectivity index (χ3v) is 2.51. The van der Waals surface area contributed by atoms with Crippen molar-refractivity contribution >= 4 is 5.97 Å². The molecule has 0 spiro atoms. The second-order valence-electron chi connectivity index (χ2n) is 3.76. The lowest BCUT2D eigenvalue weighted by atomic mass is 9.97. The Morgan fingerprint density at radius 2 is 2.21 bits per heavy atom. The summed E-state index contributed by atoms with van der Waals surface area (Å²) in [4.78, 5) is 11.3. The molecule has 0 fully saturated rings. The fourth-order valence-electron chi connectivity index (χ4n) is 1.71. The van der Waals surface area contributed by atoms with Crippen molar-refractivity contribution in [3.8, 4) is 6.07 Å². The molecule has 0 saturated carbocycles. The normalized spacial score (nSPS) is 10.3. The van der Waals surface area contributed by atoms with Gasteiger partial charge in [-0.1, -0.05) is 0 Å². The zero-order valence-electron chi connectivity index (χ0n) is 10.3. The molecule has 0 saturated heterocycles. The first kappa shape index (κ1) is 15.1. The quantitative estimate of drug-likeness (QED) is 0.831. The summed E-state index contributed by atoms with van der Waals surface area (Å²) < 4.78 is 30.4. The number of rotatable bonds is 5. The second kappa shape index (κ2) is 6.81. The van der Waals surface area contributed by atoms with E-state index in [1.54, 1.807) is 13.0 Å². The van der Waals surface area contributed by atoms with Gasteiger partial charge in [0, 0.05) is 11.1 Å². The van der Waals surface area contributed by atoms with Gasteiger partial charge >= 0.3 is 5.97 Å². The fraction of sp³-hybridized carbons (Fsp3) is 0.385. The molecule has 1 aromatic rings. The van der Waals surface area contributed by atoms with Crippen molar-refractivity contribution in [3.05, 3.63) is 34.4 Å². The molecular weight excluding hydrogens is 256 g/mol. The standard InChI is InChI=1S/C13H13F2NO3/c1-2-19-12(18)5-8-3-9(6-16)11(7-17)10(4-8)13(14)15/h3-4,13,17H,2,5,7H2,1H3. The van der Waals surface area contributed by atoms with Crippen LogP contribution in [0.25, 0.3) is 0 Å². The zero-order valence-corrected chi connectivity index (χ0v) is 10.3. The van der Waals surface area contributed by atoms with E-state index in [0.717, 1.165) is 6.07 Å². The molecule has 0 aromatic heterocycles. The van der Waals surface area contributed by atoms with Crippen molar-refractivity contribution in [2.75, 3.05) is 6.61 Å². The molecule has 0 aliphatic rings. The number of aliphatic hydroxyl groups excluding tert-OH is 1. The molecule has 1 rings (SSSR count). The Morgan fingerprint density at radius 1 is 1.53 bits per heavy atom. The summed E-state index contributed by atoms with van der Waals surface area (Å²) in [6, 6.07) is 4.17. The molecule has 0 radical (unpaired) electrons. The molecule has 1 N–H and O–H groups in total. The number of hydrogen-bond acceptors (Lipinski definition) is 4. The first-order chi connectivity index (χ1) is 9.03. The summed E-state index contributed by atoms with van der Waals surface area (Å²) in [5, 5.41) is 18.0. The van der Waals surface area contributed by atoms with Gasteiger partial charge < -0.3 is 9.84 Å². The van der Waals surface area contributed by atoms with Crippen molar-refractivity contribution in [2.24, 2.45) is 0 Å². The number of hydrogen-bond donors (Lipinski definition) is 1. The van der Waals surface area contributed by atoms with E-state index >= 15 is 0 Å². The van der Waals surface area contributed by atoms with E-state index in [9.17, 15) is 13.6 Å². The molecule has 102 valence electrons. The summed E-state index contributed by atoms with van der Waals surface area (Å²) in [6.07, 6.45) is -3.01. The Hall–Kier alpha value is -2.00. The molecule has 0 heterocycles. The summed E-state index contributed by atoms with van der Waals surface area (Å²) in [5.74, 6) is -0.552. The van der Waals surface area contributed by atoms with Crippen LogP contribution in [0.3, 0.4) is 0 Å². The SMILES string of the molecule is CCOC(=O)Cc1cc(C#N)c(CO)c(C(F)F)c1. The van der Waals surface area contributed by atoms with E-state index < -0.39 is 24.6 Å². The van der Waals surface area contributed by atoms with E-state index in [-0.39, 0.29) is 29.7 Å². The Bertz CT molecular complexity index is 509. The van der Waals surface area contributed by atoms with Crippen LogP contribution in [-0.4, -0.2) is 17.7 Å². The molecule has 0 aliphatic carbocycles. The van der Waals surface area contributed by atoms with Gasteiger partial charge in [-0.2, -0.15) is 5.26 Å². The molecule has 1 aromatic carbocycles. The highest BCUT2D eigenvalue weighted by molar-refractivity contribution is 5.73. The summed E-state index contributed by atoms with van der Waals surface area (Å²) in [6.45, 7) is 1.18. The number of esters is 1. The van der Waals surface area contributed by atoms with Crippen LogP contribution in [0.2, 0.25) is 0 Å². The van der Waals surface area contributed by atoms with Crippen LogP contribution in [0.1, 0.15) is 35.6 Å². The van der Waals surface area contributed by atoms with Crippen LogP contribution < -0.4 is 0 Å². The molecule has 0 bridgehead atoms. The van der Waals surface area contributed by atoms with E-state index in [0.29, 0.717) is 0 Å². The van der Waals surface area contributed by atoms with Gasteiger partial charge in [0.1, 0.15) is 0 Å². The first-order valence-corrected chi connectivity index (χ1v) is 5.63. The third kappa shape index (κ3) is 3.73. The van der Waals surface area contributed by atoms with Gasteiger partial charge in [0.2, 0.25) is 0 Å². The highest BCUT2D eigenvalue weighted by Gasteiger charge is 2.18. The van der Waals surface area contributed by atoms with Gasteiger partial charge in [0.15, 0.2) is 0 Å². The third-order valence-electron chi connectivity index (χ3n) is 2.51. The largest absolute Gasteiger partial charge is 0.466 e. The zero-order chi connectivity index (χ0) is 14.4. The minimum Gasteiger partial charge on any atom is -0.466 e. The number of benzene rings is 1. The summed E-state index contributed by atoms with van der Waals surface area (Å²) >= 11 is 0. The molecule has 4 nitrogen and oxygen atoms in total. The minimum atomic E-state index is -2.82. The van der Waals surface area contributed by atoms with Crippen LogP contribution in [0, 0.1) is 11.3 Å². The van der Waals surface area contributed by atoms with Gasteiger partial charge in [-0.05, 0) is 24.6 Å². The molecule has 19 heavy (non-hydrogen) atoms. The van der Waals surface area contributed by atoms with Crippen molar-refractivity contribution in [1.82, 2.24) is 0 Å². The monoisotopic (exact) mass is 269 g/mol. The van der Waals surface area contributed by atoms with Crippen molar-refractivity contribution in [3.63, 3.8) is 0 Å². The Morgan fingerprint density at radius 3 is 2.68 bits per heavy atom. The van der Waals surface area contributed by atoms with Crippen molar-refractivity contribution in [1.29, 1.82) is 5.26 Å². The predicted octanol–water partition coefficient (Wildman–Crippen LogP) is 2.09. The average molecular weight is 269 g/mol. The predicted molar refractivity (Wildman–Crippen MR) is 62.4 cm³/mol. The van der Waals surface area contributed by atoms with Crippen molar-refractivity contribution in [2.45, 2.75) is 26.4 Å². The lowest BCUT2D eigenvalue weighted by molar-refractivity contribution is -0.142. The van der Waals surface area contributed by atoms with E-state index in [2.05, 4.69) is 0 Å². The highest BCUT2D eigenvalue weighted by Crippen LogP contribution is 2.27. The molecule has 6 heteroatoms. The Kier molecular flexibility index (Phi) is 5.39. The van der Waals surface area contributed by atoms with Gasteiger partial charge in [-0.3, -0.25) is 4.79 Å². The van der Waals surface area contributed by atoms with E-state index in [1.807, 2.05) is 0 Å². The molecule has 0 atom stereocenters. The van der Waals surface area contributed by atoms with Crippen LogP contribution >= 0.6 is 0 Å². The molecule has 0 amide bonds. The van der Waals surface area contributed by atoms with Crippen LogP contribution in [0.4, 0.5) is 8.78 Å². The number of carbonyl (C=O) groups excluding carboxylic acids is 1.